The number of furan rings is 1. The number of amides is 1. The van der Waals surface area contributed by atoms with Crippen LogP contribution in [0.2, 0.25) is 0 Å². The minimum atomic E-state index is -0.209. The molecule has 0 atom stereocenters. The molecule has 5 rings (SSSR count). The lowest BCUT2D eigenvalue weighted by atomic mass is 10.1. The quantitative estimate of drug-likeness (QED) is 0.341. The lowest BCUT2D eigenvalue weighted by Gasteiger charge is -2.09. The van der Waals surface area contributed by atoms with Gasteiger partial charge >= 0.3 is 0 Å². The van der Waals surface area contributed by atoms with E-state index in [9.17, 15) is 4.79 Å². The predicted octanol–water partition coefficient (Wildman–Crippen LogP) is 4.53. The van der Waals surface area contributed by atoms with Crippen molar-refractivity contribution in [2.75, 3.05) is 5.32 Å². The Bertz CT molecular complexity index is 1560. The molecule has 5 aromatic heterocycles. The molecule has 0 unspecified atom stereocenters. The molecule has 0 saturated heterocycles. The van der Waals surface area contributed by atoms with Gasteiger partial charge in [0, 0.05) is 11.8 Å². The fraction of sp³-hybridized carbons (Fsp3) is 0.292. The van der Waals surface area contributed by atoms with E-state index in [-0.39, 0.29) is 12.5 Å². The van der Waals surface area contributed by atoms with Gasteiger partial charge in [0.15, 0.2) is 5.65 Å². The fourth-order valence-corrected chi connectivity index (χ4v) is 4.58. The summed E-state index contributed by atoms with van der Waals surface area (Å²) in [6.45, 7) is 10.1. The molecule has 1 amide bonds. The zero-order valence-corrected chi connectivity index (χ0v) is 21.7. The number of carbonyl (C=O) groups is 1. The van der Waals surface area contributed by atoms with Crippen LogP contribution >= 0.6 is 15.9 Å². The van der Waals surface area contributed by atoms with Crippen LogP contribution in [0, 0.1) is 34.6 Å². The van der Waals surface area contributed by atoms with Gasteiger partial charge in [0.05, 0.1) is 50.3 Å². The average Bonchev–Trinajstić information content (AvgIpc) is 3.58. The molecule has 0 aliphatic rings. The van der Waals surface area contributed by atoms with Gasteiger partial charge in [-0.25, -0.2) is 19.0 Å². The summed E-state index contributed by atoms with van der Waals surface area (Å²) in [6.07, 6.45) is 3.33. The van der Waals surface area contributed by atoms with Crippen molar-refractivity contribution in [2.24, 2.45) is 0 Å². The van der Waals surface area contributed by atoms with Crippen LogP contribution in [-0.2, 0) is 18.0 Å². The number of carbonyl (C=O) groups excluding carboxylic acids is 1. The lowest BCUT2D eigenvalue weighted by molar-refractivity contribution is -0.116. The molecule has 0 fully saturated rings. The molecular formula is C24H25BrN8O2. The second kappa shape index (κ2) is 8.81. The highest BCUT2D eigenvalue weighted by Crippen LogP contribution is 2.30. The van der Waals surface area contributed by atoms with Crippen molar-refractivity contribution in [3.63, 3.8) is 0 Å². The molecule has 0 aromatic carbocycles. The predicted molar refractivity (Wildman–Crippen MR) is 135 cm³/mol. The van der Waals surface area contributed by atoms with Crippen LogP contribution in [0.25, 0.3) is 22.4 Å². The van der Waals surface area contributed by atoms with E-state index in [4.69, 9.17) is 4.42 Å². The largest absolute Gasteiger partial charge is 0.464 e. The van der Waals surface area contributed by atoms with Gasteiger partial charge < -0.3 is 9.73 Å². The van der Waals surface area contributed by atoms with Crippen LogP contribution in [0.4, 0.5) is 5.69 Å². The van der Waals surface area contributed by atoms with E-state index in [0.29, 0.717) is 18.0 Å². The molecule has 0 radical (unpaired) electrons. The van der Waals surface area contributed by atoms with Gasteiger partial charge in [0.25, 0.3) is 0 Å². The van der Waals surface area contributed by atoms with E-state index in [1.165, 1.54) is 0 Å². The molecule has 5 aromatic rings. The Labute approximate surface area is 210 Å². The lowest BCUT2D eigenvalue weighted by Crippen LogP contribution is -2.20. The first-order valence-electron chi connectivity index (χ1n) is 11.1. The van der Waals surface area contributed by atoms with Crippen molar-refractivity contribution in [3.8, 4) is 11.3 Å². The number of aromatic nitrogens is 7. The second-order valence-corrected chi connectivity index (χ2v) is 9.29. The highest BCUT2D eigenvalue weighted by molar-refractivity contribution is 9.10. The Hall–Kier alpha value is -3.73. The summed E-state index contributed by atoms with van der Waals surface area (Å²) < 4.78 is 11.9. The smallest absolute Gasteiger partial charge is 0.246 e. The van der Waals surface area contributed by atoms with E-state index in [1.54, 1.807) is 17.1 Å². The maximum atomic E-state index is 13.0. The van der Waals surface area contributed by atoms with E-state index in [2.05, 4.69) is 41.5 Å². The van der Waals surface area contributed by atoms with E-state index >= 15 is 0 Å². The highest BCUT2D eigenvalue weighted by Gasteiger charge is 2.20. The van der Waals surface area contributed by atoms with Crippen LogP contribution in [0.1, 0.15) is 28.5 Å². The number of rotatable bonds is 6. The standard InChI is InChI=1S/C24H25BrN8O2/c1-13-21-18(19-7-6-10-35-19)8-9-26-24(21)31(28-13)11-20(34)27-23-15(3)30-33(17(23)5)12-32-16(4)22(25)14(2)29-32/h6-10H,11-12H2,1-5H3,(H,27,34). The second-order valence-electron chi connectivity index (χ2n) is 8.50. The van der Waals surface area contributed by atoms with Gasteiger partial charge in [0.1, 0.15) is 19.0 Å². The maximum absolute atomic E-state index is 13.0. The number of hydrogen-bond donors (Lipinski definition) is 1. The number of anilines is 1. The molecule has 35 heavy (non-hydrogen) atoms. The van der Waals surface area contributed by atoms with Gasteiger partial charge in [-0.05, 0) is 68.7 Å². The zero-order chi connectivity index (χ0) is 24.9. The summed E-state index contributed by atoms with van der Waals surface area (Å²) in [5.74, 6) is 0.525. The number of nitrogens with one attached hydrogen (secondary N) is 1. The summed E-state index contributed by atoms with van der Waals surface area (Å²) in [5.41, 5.74) is 6.51. The van der Waals surface area contributed by atoms with E-state index in [1.807, 2.05) is 62.2 Å². The third kappa shape index (κ3) is 4.05. The molecule has 0 saturated carbocycles. The van der Waals surface area contributed by atoms with E-state index < -0.39 is 0 Å². The topological polar surface area (TPSA) is 109 Å². The Kier molecular flexibility index (Phi) is 5.79. The first kappa shape index (κ1) is 23.0. The molecule has 0 spiro atoms. The SMILES string of the molecule is Cc1nn(Cn2nc(C)c(NC(=O)Cn3nc(C)c4c(-c5ccco5)ccnc43)c2C)c(C)c1Br. The molecule has 1 N–H and O–H groups in total. The Morgan fingerprint density at radius 1 is 0.971 bits per heavy atom. The van der Waals surface area contributed by atoms with Crippen LogP contribution in [-0.4, -0.2) is 40.2 Å². The van der Waals surface area contributed by atoms with Crippen LogP contribution in [0.3, 0.4) is 0 Å². The molecule has 0 aliphatic heterocycles. The van der Waals surface area contributed by atoms with Crippen LogP contribution in [0.15, 0.2) is 39.5 Å². The van der Waals surface area contributed by atoms with Crippen molar-refractivity contribution in [1.82, 2.24) is 34.3 Å². The summed E-state index contributed by atoms with van der Waals surface area (Å²) in [4.78, 5) is 17.5. The Morgan fingerprint density at radius 3 is 2.37 bits per heavy atom. The Morgan fingerprint density at radius 2 is 1.69 bits per heavy atom. The molecule has 0 aliphatic carbocycles. The zero-order valence-electron chi connectivity index (χ0n) is 20.1. The van der Waals surface area contributed by atoms with Gasteiger partial charge in [0.2, 0.25) is 5.91 Å². The van der Waals surface area contributed by atoms with Crippen molar-refractivity contribution in [1.29, 1.82) is 0 Å². The third-order valence-corrected chi connectivity index (χ3v) is 7.24. The highest BCUT2D eigenvalue weighted by atomic mass is 79.9. The molecule has 5 heterocycles. The summed E-state index contributed by atoms with van der Waals surface area (Å²) >= 11 is 3.56. The number of halogens is 1. The van der Waals surface area contributed by atoms with Crippen LogP contribution < -0.4 is 5.32 Å². The van der Waals surface area contributed by atoms with Gasteiger partial charge in [-0.2, -0.15) is 15.3 Å². The molecular weight excluding hydrogens is 512 g/mol. The summed E-state index contributed by atoms with van der Waals surface area (Å²) in [6, 6.07) is 5.63. The number of aryl methyl sites for hydroxylation is 3. The van der Waals surface area contributed by atoms with Crippen LogP contribution in [0.5, 0.6) is 0 Å². The number of hydrogen-bond acceptors (Lipinski definition) is 6. The van der Waals surface area contributed by atoms with Gasteiger partial charge in [-0.3, -0.25) is 4.79 Å². The van der Waals surface area contributed by atoms with Gasteiger partial charge in [-0.1, -0.05) is 0 Å². The van der Waals surface area contributed by atoms with Crippen molar-refractivity contribution < 1.29 is 9.21 Å². The maximum Gasteiger partial charge on any atom is 0.246 e. The normalized spacial score (nSPS) is 11.5. The first-order valence-corrected chi connectivity index (χ1v) is 11.9. The van der Waals surface area contributed by atoms with Gasteiger partial charge in [-0.15, -0.1) is 0 Å². The fourth-order valence-electron chi connectivity index (χ4n) is 4.30. The molecule has 180 valence electrons. The molecule has 0 bridgehead atoms. The van der Waals surface area contributed by atoms with Crippen molar-refractivity contribution in [2.45, 2.75) is 47.8 Å². The third-order valence-electron chi connectivity index (χ3n) is 6.09. The van der Waals surface area contributed by atoms with Crippen molar-refractivity contribution >= 4 is 38.6 Å². The van der Waals surface area contributed by atoms with E-state index in [0.717, 1.165) is 49.7 Å². The number of pyridine rings is 1. The monoisotopic (exact) mass is 536 g/mol. The number of fused-ring (bicyclic) bond motifs is 1. The Balaban J connectivity index is 1.38. The summed E-state index contributed by atoms with van der Waals surface area (Å²) in [7, 11) is 0. The number of nitrogens with zero attached hydrogens (tertiary/aromatic N) is 7. The minimum Gasteiger partial charge on any atom is -0.464 e. The summed E-state index contributed by atoms with van der Waals surface area (Å²) in [5, 5.41) is 17.6. The average molecular weight is 537 g/mol. The molecule has 11 heteroatoms. The minimum absolute atomic E-state index is 0.0212. The first-order chi connectivity index (χ1) is 16.7. The molecule has 10 nitrogen and oxygen atoms in total. The van der Waals surface area contributed by atoms with Crippen molar-refractivity contribution in [3.05, 3.63) is 63.6 Å².